The lowest BCUT2D eigenvalue weighted by molar-refractivity contribution is -0.0864. The standard InChI is InChI=1S/C35H53NO7/c1-4-8-30(37)26-43-34-10-5-9-33(35(34)29-14-11-27(12-15-29)24-40-21-7-20-39-3)42-25-28-13-16-32-31(23-28)36(18-22-41-32)17-6-19-38-2/h11-16,23,30,33-35,37H,4-10,17-22,24-26H2,1-3H3/t30-,33-,34+,35+/m0/s1. The van der Waals surface area contributed by atoms with Crippen LogP contribution in [0.4, 0.5) is 5.69 Å². The Morgan fingerprint density at radius 2 is 1.65 bits per heavy atom. The van der Waals surface area contributed by atoms with Crippen LogP contribution in [-0.2, 0) is 36.9 Å². The third-order valence-corrected chi connectivity index (χ3v) is 8.40. The van der Waals surface area contributed by atoms with E-state index in [1.807, 2.05) is 0 Å². The van der Waals surface area contributed by atoms with Gasteiger partial charge in [-0.15, -0.1) is 0 Å². The van der Waals surface area contributed by atoms with E-state index in [0.29, 0.717) is 39.6 Å². The van der Waals surface area contributed by atoms with Crippen molar-refractivity contribution in [1.29, 1.82) is 0 Å². The molecule has 1 fully saturated rings. The zero-order chi connectivity index (χ0) is 30.3. The predicted octanol–water partition coefficient (Wildman–Crippen LogP) is 5.87. The average Bonchev–Trinajstić information content (AvgIpc) is 3.03. The van der Waals surface area contributed by atoms with Gasteiger partial charge in [-0.05, 0) is 67.3 Å². The number of nitrogens with zero attached hydrogens (tertiary/aromatic N) is 1. The summed E-state index contributed by atoms with van der Waals surface area (Å²) in [6.45, 7) is 8.22. The summed E-state index contributed by atoms with van der Waals surface area (Å²) in [7, 11) is 3.46. The van der Waals surface area contributed by atoms with Crippen molar-refractivity contribution in [3.8, 4) is 5.75 Å². The molecule has 1 saturated carbocycles. The van der Waals surface area contributed by atoms with E-state index in [-0.39, 0.29) is 18.1 Å². The number of hydrogen-bond acceptors (Lipinski definition) is 8. The summed E-state index contributed by atoms with van der Waals surface area (Å²) >= 11 is 0. The minimum atomic E-state index is -0.436. The molecule has 4 atom stereocenters. The molecule has 1 heterocycles. The van der Waals surface area contributed by atoms with E-state index in [1.54, 1.807) is 14.2 Å². The molecule has 1 N–H and O–H groups in total. The highest BCUT2D eigenvalue weighted by molar-refractivity contribution is 5.61. The van der Waals surface area contributed by atoms with Gasteiger partial charge in [0, 0.05) is 46.5 Å². The minimum absolute atomic E-state index is 0.00499. The Bertz CT molecular complexity index is 1050. The highest BCUT2D eigenvalue weighted by Gasteiger charge is 2.36. The maximum Gasteiger partial charge on any atom is 0.142 e. The first kappa shape index (κ1) is 33.7. The molecule has 0 aromatic heterocycles. The van der Waals surface area contributed by atoms with E-state index in [1.165, 1.54) is 5.56 Å². The Hall–Kier alpha value is -2.20. The quantitative estimate of drug-likeness (QED) is 0.201. The van der Waals surface area contributed by atoms with Gasteiger partial charge in [0.2, 0.25) is 0 Å². The van der Waals surface area contributed by atoms with Crippen molar-refractivity contribution in [2.24, 2.45) is 0 Å². The van der Waals surface area contributed by atoms with E-state index in [0.717, 1.165) is 87.2 Å². The molecule has 240 valence electrons. The second kappa shape index (κ2) is 18.6. The number of methoxy groups -OCH3 is 2. The zero-order valence-electron chi connectivity index (χ0n) is 26.5. The summed E-state index contributed by atoms with van der Waals surface area (Å²) in [5.41, 5.74) is 4.64. The lowest BCUT2D eigenvalue weighted by Gasteiger charge is -2.39. The minimum Gasteiger partial charge on any atom is -0.490 e. The maximum atomic E-state index is 10.4. The van der Waals surface area contributed by atoms with Crippen molar-refractivity contribution in [3.63, 3.8) is 0 Å². The van der Waals surface area contributed by atoms with Gasteiger partial charge in [0.15, 0.2) is 0 Å². The van der Waals surface area contributed by atoms with E-state index in [2.05, 4.69) is 54.3 Å². The van der Waals surface area contributed by atoms with Crippen LogP contribution in [-0.4, -0.2) is 83.8 Å². The average molecular weight is 600 g/mol. The summed E-state index contributed by atoms with van der Waals surface area (Å²) in [6, 6.07) is 15.1. The van der Waals surface area contributed by atoms with E-state index >= 15 is 0 Å². The van der Waals surface area contributed by atoms with Gasteiger partial charge in [0.25, 0.3) is 0 Å². The molecule has 0 unspecified atom stereocenters. The van der Waals surface area contributed by atoms with Crippen LogP contribution in [0, 0.1) is 0 Å². The van der Waals surface area contributed by atoms with Crippen LogP contribution in [0.2, 0.25) is 0 Å². The largest absolute Gasteiger partial charge is 0.490 e. The number of fused-ring (bicyclic) bond motifs is 1. The lowest BCUT2D eigenvalue weighted by atomic mass is 9.79. The number of aliphatic hydroxyl groups excluding tert-OH is 1. The van der Waals surface area contributed by atoms with Crippen molar-refractivity contribution >= 4 is 5.69 Å². The van der Waals surface area contributed by atoms with E-state index in [9.17, 15) is 5.11 Å². The highest BCUT2D eigenvalue weighted by atomic mass is 16.5. The number of benzene rings is 2. The monoisotopic (exact) mass is 599 g/mol. The van der Waals surface area contributed by atoms with Crippen LogP contribution in [0.25, 0.3) is 0 Å². The molecular weight excluding hydrogens is 546 g/mol. The summed E-state index contributed by atoms with van der Waals surface area (Å²) in [6.07, 6.45) is 6.11. The van der Waals surface area contributed by atoms with Crippen molar-refractivity contribution in [1.82, 2.24) is 0 Å². The fourth-order valence-corrected chi connectivity index (χ4v) is 6.15. The number of ether oxygens (including phenoxy) is 6. The molecule has 2 aliphatic rings. The van der Waals surface area contributed by atoms with Gasteiger partial charge in [-0.1, -0.05) is 43.7 Å². The van der Waals surface area contributed by atoms with Crippen LogP contribution >= 0.6 is 0 Å². The summed E-state index contributed by atoms with van der Waals surface area (Å²) < 4.78 is 35.3. The number of aliphatic hydroxyl groups is 1. The fourth-order valence-electron chi connectivity index (χ4n) is 6.15. The highest BCUT2D eigenvalue weighted by Crippen LogP contribution is 2.39. The van der Waals surface area contributed by atoms with Gasteiger partial charge >= 0.3 is 0 Å². The summed E-state index contributed by atoms with van der Waals surface area (Å²) in [4.78, 5) is 2.39. The van der Waals surface area contributed by atoms with Crippen LogP contribution in [0.15, 0.2) is 42.5 Å². The summed E-state index contributed by atoms with van der Waals surface area (Å²) in [5, 5.41) is 10.4. The van der Waals surface area contributed by atoms with Crippen LogP contribution < -0.4 is 9.64 Å². The van der Waals surface area contributed by atoms with Crippen LogP contribution in [0.1, 0.15) is 74.5 Å². The van der Waals surface area contributed by atoms with Crippen molar-refractivity contribution < 1.29 is 33.5 Å². The number of rotatable bonds is 19. The van der Waals surface area contributed by atoms with Crippen molar-refractivity contribution in [2.45, 2.75) is 89.3 Å². The Morgan fingerprint density at radius 1 is 0.907 bits per heavy atom. The Balaban J connectivity index is 1.45. The van der Waals surface area contributed by atoms with Gasteiger partial charge in [0.1, 0.15) is 12.4 Å². The topological polar surface area (TPSA) is 78.9 Å². The van der Waals surface area contributed by atoms with Gasteiger partial charge in [0.05, 0.1) is 50.4 Å². The van der Waals surface area contributed by atoms with Crippen LogP contribution in [0.5, 0.6) is 5.75 Å². The lowest BCUT2D eigenvalue weighted by Crippen LogP contribution is -2.39. The van der Waals surface area contributed by atoms with E-state index in [4.69, 9.17) is 28.4 Å². The Kier molecular flexibility index (Phi) is 14.5. The third kappa shape index (κ3) is 10.4. The molecule has 0 spiro atoms. The molecule has 0 amide bonds. The molecular formula is C35H53NO7. The SMILES string of the molecule is CCC[C@H](O)CO[C@@H]1CCC[C@H](OCc2ccc3c(c2)N(CCCOC)CCO3)[C@H]1c1ccc(COCCCOC)cc1. The van der Waals surface area contributed by atoms with Gasteiger partial charge in [-0.2, -0.15) is 0 Å². The molecule has 0 radical (unpaired) electrons. The van der Waals surface area contributed by atoms with Gasteiger partial charge in [-0.25, -0.2) is 0 Å². The Labute approximate surface area is 258 Å². The Morgan fingerprint density at radius 3 is 2.42 bits per heavy atom. The van der Waals surface area contributed by atoms with Crippen molar-refractivity contribution in [2.75, 3.05) is 65.2 Å². The molecule has 1 aliphatic heterocycles. The first-order valence-corrected chi connectivity index (χ1v) is 16.2. The molecule has 1 aliphatic carbocycles. The van der Waals surface area contributed by atoms with Gasteiger partial charge in [-0.3, -0.25) is 0 Å². The molecule has 4 rings (SSSR count). The van der Waals surface area contributed by atoms with E-state index < -0.39 is 6.10 Å². The predicted molar refractivity (Wildman–Crippen MR) is 169 cm³/mol. The normalized spacial score (nSPS) is 20.9. The smallest absolute Gasteiger partial charge is 0.142 e. The summed E-state index contributed by atoms with van der Waals surface area (Å²) in [5.74, 6) is 1.02. The second-order valence-corrected chi connectivity index (χ2v) is 11.7. The second-order valence-electron chi connectivity index (χ2n) is 11.7. The first-order valence-electron chi connectivity index (χ1n) is 16.2. The third-order valence-electron chi connectivity index (χ3n) is 8.40. The molecule has 8 nitrogen and oxygen atoms in total. The first-order chi connectivity index (χ1) is 21.1. The molecule has 2 aromatic carbocycles. The van der Waals surface area contributed by atoms with Crippen LogP contribution in [0.3, 0.4) is 0 Å². The maximum absolute atomic E-state index is 10.4. The van der Waals surface area contributed by atoms with Gasteiger partial charge < -0.3 is 38.4 Å². The van der Waals surface area contributed by atoms with Crippen molar-refractivity contribution in [3.05, 3.63) is 59.2 Å². The molecule has 43 heavy (non-hydrogen) atoms. The molecule has 8 heteroatoms. The fraction of sp³-hybridized carbons (Fsp3) is 0.657. The zero-order valence-corrected chi connectivity index (χ0v) is 26.5. The molecule has 2 aromatic rings. The number of hydrogen-bond donors (Lipinski definition) is 1. The molecule has 0 saturated heterocycles. The molecule has 0 bridgehead atoms. The number of anilines is 1.